The van der Waals surface area contributed by atoms with Crippen LogP contribution in [0.3, 0.4) is 0 Å². The first-order valence-electron chi connectivity index (χ1n) is 4.40. The van der Waals surface area contributed by atoms with Gasteiger partial charge in [-0.3, -0.25) is 4.52 Å². The van der Waals surface area contributed by atoms with Crippen molar-refractivity contribution in [3.05, 3.63) is 12.2 Å². The van der Waals surface area contributed by atoms with Crippen molar-refractivity contribution < 1.29 is 37.9 Å². The molecular weight excluding hydrogens is 267 g/mol. The molecule has 2 N–H and O–H groups in total. The third-order valence-electron chi connectivity index (χ3n) is 1.28. The smallest absolute Gasteiger partial charge is 0.460 e. The first-order chi connectivity index (χ1) is 7.72. The van der Waals surface area contributed by atoms with E-state index in [1.54, 1.807) is 0 Å². The standard InChI is InChI=1S/C8H13O8P.CH4/c1-6(2)8(10)15-4-3-14-7(9)5-16-17(11,12)13;/h1,3-5H2,2H3,(H2,11,12,13);1H4. The Morgan fingerprint density at radius 1 is 1.22 bits per heavy atom. The van der Waals surface area contributed by atoms with E-state index in [0.717, 1.165) is 0 Å². The van der Waals surface area contributed by atoms with Crippen molar-refractivity contribution in [2.75, 3.05) is 19.8 Å². The van der Waals surface area contributed by atoms with Gasteiger partial charge in [-0.05, 0) is 6.92 Å². The predicted octanol–water partition coefficient (Wildman–Crippen LogP) is 0.394. The van der Waals surface area contributed by atoms with Crippen LogP contribution in [-0.2, 0) is 28.2 Å². The number of ether oxygens (including phenoxy) is 2. The number of hydrogen-bond acceptors (Lipinski definition) is 6. The summed E-state index contributed by atoms with van der Waals surface area (Å²) < 4.78 is 23.1. The van der Waals surface area contributed by atoms with Gasteiger partial charge in [0.1, 0.15) is 13.2 Å². The lowest BCUT2D eigenvalue weighted by atomic mass is 10.4. The van der Waals surface area contributed by atoms with E-state index < -0.39 is 26.4 Å². The first-order valence-corrected chi connectivity index (χ1v) is 5.94. The average molecular weight is 284 g/mol. The number of carbonyl (C=O) groups is 2. The molecule has 0 aromatic rings. The molecule has 106 valence electrons. The molecule has 9 heteroatoms. The Hall–Kier alpha value is -1.21. The highest BCUT2D eigenvalue weighted by atomic mass is 31.2. The van der Waals surface area contributed by atoms with Gasteiger partial charge < -0.3 is 19.3 Å². The van der Waals surface area contributed by atoms with Crippen LogP contribution in [-0.4, -0.2) is 41.5 Å². The maximum Gasteiger partial charge on any atom is 0.470 e. The van der Waals surface area contributed by atoms with Crippen molar-refractivity contribution in [1.82, 2.24) is 0 Å². The Morgan fingerprint density at radius 3 is 2.17 bits per heavy atom. The quantitative estimate of drug-likeness (QED) is 0.298. The van der Waals surface area contributed by atoms with E-state index in [4.69, 9.17) is 9.79 Å². The zero-order chi connectivity index (χ0) is 13.5. The Bertz CT molecular complexity index is 344. The van der Waals surface area contributed by atoms with E-state index in [1.807, 2.05) is 0 Å². The third-order valence-corrected chi connectivity index (χ3v) is 1.74. The predicted molar refractivity (Wildman–Crippen MR) is 61.5 cm³/mol. The van der Waals surface area contributed by atoms with Crippen LogP contribution in [0.4, 0.5) is 0 Å². The molecule has 0 rings (SSSR count). The highest BCUT2D eigenvalue weighted by Crippen LogP contribution is 2.35. The van der Waals surface area contributed by atoms with Crippen molar-refractivity contribution in [1.29, 1.82) is 0 Å². The number of rotatable bonds is 7. The lowest BCUT2D eigenvalue weighted by Crippen LogP contribution is -2.17. The summed E-state index contributed by atoms with van der Waals surface area (Å²) in [7, 11) is -4.69. The number of hydrogen-bond donors (Lipinski definition) is 2. The highest BCUT2D eigenvalue weighted by Gasteiger charge is 2.16. The number of esters is 2. The van der Waals surface area contributed by atoms with Crippen LogP contribution in [0.15, 0.2) is 12.2 Å². The van der Waals surface area contributed by atoms with E-state index in [-0.39, 0.29) is 26.2 Å². The zero-order valence-electron chi connectivity index (χ0n) is 9.12. The molecule has 0 aromatic heterocycles. The summed E-state index contributed by atoms with van der Waals surface area (Å²) in [5, 5.41) is 0. The van der Waals surface area contributed by atoms with Crippen molar-refractivity contribution in [2.24, 2.45) is 0 Å². The lowest BCUT2D eigenvalue weighted by molar-refractivity contribution is -0.152. The van der Waals surface area contributed by atoms with Crippen molar-refractivity contribution >= 4 is 19.8 Å². The molecule has 0 saturated carbocycles. The maximum absolute atomic E-state index is 10.9. The molecule has 0 aliphatic heterocycles. The van der Waals surface area contributed by atoms with E-state index in [9.17, 15) is 14.2 Å². The van der Waals surface area contributed by atoms with Gasteiger partial charge in [-0.1, -0.05) is 14.0 Å². The molecule has 0 amide bonds. The summed E-state index contributed by atoms with van der Waals surface area (Å²) in [5.74, 6) is -1.59. The molecule has 0 saturated heterocycles. The minimum Gasteiger partial charge on any atom is -0.460 e. The van der Waals surface area contributed by atoms with Crippen molar-refractivity contribution in [2.45, 2.75) is 14.4 Å². The van der Waals surface area contributed by atoms with Gasteiger partial charge in [0.25, 0.3) is 0 Å². The second-order valence-electron chi connectivity index (χ2n) is 2.90. The van der Waals surface area contributed by atoms with Crippen LogP contribution in [0.5, 0.6) is 0 Å². The van der Waals surface area contributed by atoms with E-state index >= 15 is 0 Å². The van der Waals surface area contributed by atoms with Gasteiger partial charge in [0.15, 0.2) is 6.61 Å². The van der Waals surface area contributed by atoms with Crippen LogP contribution in [0, 0.1) is 0 Å². The second kappa shape index (κ2) is 8.82. The molecule has 8 nitrogen and oxygen atoms in total. The topological polar surface area (TPSA) is 119 Å². The molecular formula is C9H17O8P. The molecule has 0 bridgehead atoms. The minimum atomic E-state index is -4.69. The summed E-state index contributed by atoms with van der Waals surface area (Å²) in [6.45, 7) is 3.51. The maximum atomic E-state index is 10.9. The number of carbonyl (C=O) groups excluding carboxylic acids is 2. The molecule has 0 radical (unpaired) electrons. The Morgan fingerprint density at radius 2 is 1.72 bits per heavy atom. The van der Waals surface area contributed by atoms with Gasteiger partial charge in [-0.25, -0.2) is 14.2 Å². The van der Waals surface area contributed by atoms with Crippen molar-refractivity contribution in [3.8, 4) is 0 Å². The largest absolute Gasteiger partial charge is 0.470 e. The molecule has 0 spiro atoms. The van der Waals surface area contributed by atoms with E-state index in [2.05, 4.69) is 20.6 Å². The molecule has 0 atom stereocenters. The van der Waals surface area contributed by atoms with Gasteiger partial charge in [0.2, 0.25) is 0 Å². The molecule has 0 aliphatic rings. The lowest BCUT2D eigenvalue weighted by Gasteiger charge is -2.07. The first kappa shape index (κ1) is 19.1. The SMILES string of the molecule is C.C=C(C)C(=O)OCCOC(=O)COP(=O)(O)O. The van der Waals surface area contributed by atoms with Gasteiger partial charge >= 0.3 is 19.8 Å². The third kappa shape index (κ3) is 11.3. The molecule has 0 heterocycles. The van der Waals surface area contributed by atoms with Crippen LogP contribution >= 0.6 is 7.82 Å². The summed E-state index contributed by atoms with van der Waals surface area (Å²) >= 11 is 0. The Labute approximate surface area is 105 Å². The normalized spacial score (nSPS) is 10.2. The van der Waals surface area contributed by atoms with Crippen molar-refractivity contribution in [3.63, 3.8) is 0 Å². The van der Waals surface area contributed by atoms with Crippen LogP contribution in [0.2, 0.25) is 0 Å². The van der Waals surface area contributed by atoms with E-state index in [1.165, 1.54) is 6.92 Å². The van der Waals surface area contributed by atoms with Gasteiger partial charge in [0, 0.05) is 5.57 Å². The summed E-state index contributed by atoms with van der Waals surface area (Å²) in [5.41, 5.74) is 0.209. The Balaban J connectivity index is 0. The number of phosphoric ester groups is 1. The fraction of sp³-hybridized carbons (Fsp3) is 0.556. The highest BCUT2D eigenvalue weighted by molar-refractivity contribution is 7.46. The van der Waals surface area contributed by atoms with Gasteiger partial charge in [-0.15, -0.1) is 0 Å². The van der Waals surface area contributed by atoms with Gasteiger partial charge in [0.05, 0.1) is 0 Å². The van der Waals surface area contributed by atoms with Gasteiger partial charge in [-0.2, -0.15) is 0 Å². The van der Waals surface area contributed by atoms with Crippen LogP contribution in [0.25, 0.3) is 0 Å². The second-order valence-corrected chi connectivity index (χ2v) is 4.14. The Kier molecular flexibility index (Phi) is 9.38. The summed E-state index contributed by atoms with van der Waals surface area (Å²) in [4.78, 5) is 38.2. The summed E-state index contributed by atoms with van der Waals surface area (Å²) in [6, 6.07) is 0. The summed E-state index contributed by atoms with van der Waals surface area (Å²) in [6.07, 6.45) is 0. The van der Waals surface area contributed by atoms with Crippen LogP contribution in [0.1, 0.15) is 14.4 Å². The zero-order valence-corrected chi connectivity index (χ0v) is 10.0. The minimum absolute atomic E-state index is 0. The molecule has 0 unspecified atom stereocenters. The monoisotopic (exact) mass is 284 g/mol. The molecule has 18 heavy (non-hydrogen) atoms. The number of phosphoric acid groups is 1. The molecule has 0 fully saturated rings. The van der Waals surface area contributed by atoms with Crippen LogP contribution < -0.4 is 0 Å². The average Bonchev–Trinajstić information content (AvgIpc) is 2.20. The fourth-order valence-corrected chi connectivity index (χ4v) is 0.865. The molecule has 0 aromatic carbocycles. The van der Waals surface area contributed by atoms with E-state index in [0.29, 0.717) is 0 Å². The molecule has 0 aliphatic carbocycles. The fourth-order valence-electron chi connectivity index (χ4n) is 0.592.